The van der Waals surface area contributed by atoms with Crippen LogP contribution in [-0.4, -0.2) is 25.0 Å². The first kappa shape index (κ1) is 13.5. The van der Waals surface area contributed by atoms with Gasteiger partial charge in [-0.3, -0.25) is 0 Å². The maximum atomic E-state index is 2.33. The highest BCUT2D eigenvalue weighted by molar-refractivity contribution is 4.84. The van der Waals surface area contributed by atoms with Gasteiger partial charge in [0.05, 0.1) is 0 Å². The number of rotatable bonds is 0. The lowest BCUT2D eigenvalue weighted by atomic mass is 9.85. The Balaban J connectivity index is 0. The minimum absolute atomic E-state index is 0. The first-order valence-electron chi connectivity index (χ1n) is 4.20. The summed E-state index contributed by atoms with van der Waals surface area (Å²) < 4.78 is 0. The van der Waals surface area contributed by atoms with Gasteiger partial charge in [-0.2, -0.15) is 0 Å². The topological polar surface area (TPSA) is 3.24 Å². The second-order valence-corrected chi connectivity index (χ2v) is 4.04. The summed E-state index contributed by atoms with van der Waals surface area (Å²) in [6.07, 6.45) is 1.25. The zero-order valence-electron chi connectivity index (χ0n) is 8.07. The van der Waals surface area contributed by atoms with Gasteiger partial charge >= 0.3 is 0 Å². The van der Waals surface area contributed by atoms with Crippen LogP contribution in [0.1, 0.15) is 41.5 Å². The van der Waals surface area contributed by atoms with Crippen LogP contribution in [0.25, 0.3) is 0 Å². The molecule has 0 N–H and O–H groups in total. The van der Waals surface area contributed by atoms with Gasteiger partial charge in [0, 0.05) is 13.1 Å². The molecule has 1 heterocycles. The maximum absolute atomic E-state index is 2.33. The van der Waals surface area contributed by atoms with Crippen LogP contribution in [0.4, 0.5) is 0 Å². The van der Waals surface area contributed by atoms with Crippen molar-refractivity contribution in [3.8, 4) is 0 Å². The summed E-state index contributed by atoms with van der Waals surface area (Å²) >= 11 is 0. The standard InChI is InChI=1S/C6H13N.C3H8.CH4/c1-6(2)4-7(3)5-6;1-3-2;/h4-5H2,1-3H3;3H2,1-2H3;1H4. The van der Waals surface area contributed by atoms with Crippen LogP contribution in [0.15, 0.2) is 0 Å². The van der Waals surface area contributed by atoms with Crippen molar-refractivity contribution in [2.45, 2.75) is 41.5 Å². The number of likely N-dealkylation sites (tertiary alicyclic amines) is 1. The van der Waals surface area contributed by atoms with Crippen molar-refractivity contribution < 1.29 is 0 Å². The molecule has 0 amide bonds. The van der Waals surface area contributed by atoms with Gasteiger partial charge in [0.1, 0.15) is 0 Å². The molecule has 1 rings (SSSR count). The van der Waals surface area contributed by atoms with Crippen LogP contribution < -0.4 is 0 Å². The van der Waals surface area contributed by atoms with Crippen molar-refractivity contribution in [3.63, 3.8) is 0 Å². The average molecular weight is 159 g/mol. The van der Waals surface area contributed by atoms with Crippen molar-refractivity contribution in [2.24, 2.45) is 5.41 Å². The Kier molecular flexibility index (Phi) is 6.88. The van der Waals surface area contributed by atoms with Crippen LogP contribution in [0.3, 0.4) is 0 Å². The molecule has 0 spiro atoms. The summed E-state index contributed by atoms with van der Waals surface area (Å²) in [5, 5.41) is 0. The fraction of sp³-hybridized carbons (Fsp3) is 1.00. The molecule has 1 heteroatoms. The Morgan fingerprint density at radius 1 is 1.18 bits per heavy atom. The quantitative estimate of drug-likeness (QED) is 0.525. The summed E-state index contributed by atoms with van der Waals surface area (Å²) in [4.78, 5) is 2.33. The molecule has 70 valence electrons. The Labute approximate surface area is 72.8 Å². The predicted molar refractivity (Wildman–Crippen MR) is 54.0 cm³/mol. The van der Waals surface area contributed by atoms with Gasteiger partial charge < -0.3 is 4.90 Å². The molecule has 0 atom stereocenters. The van der Waals surface area contributed by atoms with E-state index in [0.29, 0.717) is 5.41 Å². The minimum atomic E-state index is 0. The Hall–Kier alpha value is -0.0400. The van der Waals surface area contributed by atoms with Crippen LogP contribution in [0.5, 0.6) is 0 Å². The monoisotopic (exact) mass is 159 g/mol. The molecule has 0 radical (unpaired) electrons. The van der Waals surface area contributed by atoms with Crippen LogP contribution in [0, 0.1) is 5.41 Å². The van der Waals surface area contributed by atoms with Gasteiger partial charge in [0.2, 0.25) is 0 Å². The second kappa shape index (κ2) is 5.59. The first-order valence-corrected chi connectivity index (χ1v) is 4.20. The van der Waals surface area contributed by atoms with Gasteiger partial charge in [-0.05, 0) is 12.5 Å². The molecule has 1 aliphatic rings. The summed E-state index contributed by atoms with van der Waals surface area (Å²) in [6.45, 7) is 11.4. The molecule has 0 bridgehead atoms. The lowest BCUT2D eigenvalue weighted by molar-refractivity contribution is 0.0570. The summed E-state index contributed by atoms with van der Waals surface area (Å²) in [5.74, 6) is 0. The minimum Gasteiger partial charge on any atom is -0.305 e. The molecule has 1 nitrogen and oxygen atoms in total. The fourth-order valence-corrected chi connectivity index (χ4v) is 1.42. The van der Waals surface area contributed by atoms with Gasteiger partial charge in [0.15, 0.2) is 0 Å². The zero-order chi connectivity index (χ0) is 8.20. The Bertz CT molecular complexity index is 78.9. The predicted octanol–water partition coefficient (Wildman–Crippen LogP) is 3.01. The smallest absolute Gasteiger partial charge is 0.00421 e. The Morgan fingerprint density at radius 3 is 1.45 bits per heavy atom. The van der Waals surface area contributed by atoms with Crippen molar-refractivity contribution in [2.75, 3.05) is 20.1 Å². The van der Waals surface area contributed by atoms with E-state index in [0.717, 1.165) is 0 Å². The van der Waals surface area contributed by atoms with Crippen molar-refractivity contribution in [1.82, 2.24) is 4.90 Å². The van der Waals surface area contributed by atoms with Gasteiger partial charge in [-0.25, -0.2) is 0 Å². The van der Waals surface area contributed by atoms with Gasteiger partial charge in [-0.15, -0.1) is 0 Å². The van der Waals surface area contributed by atoms with Gasteiger partial charge in [0.25, 0.3) is 0 Å². The number of nitrogens with zero attached hydrogens (tertiary/aromatic N) is 1. The van der Waals surface area contributed by atoms with E-state index < -0.39 is 0 Å². The Morgan fingerprint density at radius 2 is 1.45 bits per heavy atom. The third kappa shape index (κ3) is 6.36. The first-order chi connectivity index (χ1) is 4.52. The normalized spacial score (nSPS) is 20.5. The average Bonchev–Trinajstić information content (AvgIpc) is 1.61. The highest BCUT2D eigenvalue weighted by Crippen LogP contribution is 2.26. The molecule has 1 fully saturated rings. The van der Waals surface area contributed by atoms with Crippen molar-refractivity contribution >= 4 is 0 Å². The lowest BCUT2D eigenvalue weighted by Crippen LogP contribution is -2.50. The summed E-state index contributed by atoms with van der Waals surface area (Å²) in [6, 6.07) is 0. The van der Waals surface area contributed by atoms with E-state index in [9.17, 15) is 0 Å². The zero-order valence-corrected chi connectivity index (χ0v) is 8.07. The molecule has 0 aromatic rings. The molecular weight excluding hydrogens is 134 g/mol. The van der Waals surface area contributed by atoms with Crippen LogP contribution in [0.2, 0.25) is 0 Å². The molecule has 0 unspecified atom stereocenters. The van der Waals surface area contributed by atoms with E-state index in [-0.39, 0.29) is 7.43 Å². The second-order valence-electron chi connectivity index (χ2n) is 4.04. The molecule has 0 aromatic heterocycles. The fourth-order valence-electron chi connectivity index (χ4n) is 1.42. The summed E-state index contributed by atoms with van der Waals surface area (Å²) in [7, 11) is 2.16. The molecule has 0 aliphatic carbocycles. The van der Waals surface area contributed by atoms with E-state index in [4.69, 9.17) is 0 Å². The molecule has 1 saturated heterocycles. The van der Waals surface area contributed by atoms with Crippen LogP contribution >= 0.6 is 0 Å². The molecule has 0 aromatic carbocycles. The number of hydrogen-bond acceptors (Lipinski definition) is 1. The highest BCUT2D eigenvalue weighted by Gasteiger charge is 2.30. The maximum Gasteiger partial charge on any atom is 0.00421 e. The van der Waals surface area contributed by atoms with E-state index in [2.05, 4.69) is 39.6 Å². The molecule has 1 aliphatic heterocycles. The van der Waals surface area contributed by atoms with Crippen molar-refractivity contribution in [3.05, 3.63) is 0 Å². The van der Waals surface area contributed by atoms with E-state index >= 15 is 0 Å². The third-order valence-electron chi connectivity index (χ3n) is 1.40. The lowest BCUT2D eigenvalue weighted by Gasteiger charge is -2.43. The van der Waals surface area contributed by atoms with Crippen LogP contribution in [-0.2, 0) is 0 Å². The van der Waals surface area contributed by atoms with Gasteiger partial charge in [-0.1, -0.05) is 41.5 Å². The third-order valence-corrected chi connectivity index (χ3v) is 1.40. The highest BCUT2D eigenvalue weighted by atomic mass is 15.2. The van der Waals surface area contributed by atoms with E-state index in [1.165, 1.54) is 19.5 Å². The SMILES string of the molecule is C.CCC.CN1CC(C)(C)C1. The molecule has 11 heavy (non-hydrogen) atoms. The van der Waals surface area contributed by atoms with E-state index in [1.807, 2.05) is 0 Å². The summed E-state index contributed by atoms with van der Waals surface area (Å²) in [5.41, 5.74) is 0.620. The molecule has 0 saturated carbocycles. The van der Waals surface area contributed by atoms with E-state index in [1.54, 1.807) is 0 Å². The largest absolute Gasteiger partial charge is 0.305 e. The molecular formula is C10H25N. The van der Waals surface area contributed by atoms with Crippen molar-refractivity contribution in [1.29, 1.82) is 0 Å². The number of hydrogen-bond donors (Lipinski definition) is 0.